The zero-order valence-corrected chi connectivity index (χ0v) is 27.7. The molecule has 3 heterocycles. The zero-order chi connectivity index (χ0) is 33.3. The van der Waals surface area contributed by atoms with Crippen molar-refractivity contribution in [2.45, 2.75) is 139 Å². The third kappa shape index (κ3) is 4.47. The smallest absolute Gasteiger partial charge is 0.307 e. The van der Waals surface area contributed by atoms with Crippen molar-refractivity contribution in [3.8, 4) is 0 Å². The second kappa shape index (κ2) is 11.8. The van der Waals surface area contributed by atoms with E-state index in [4.69, 9.17) is 23.7 Å². The van der Waals surface area contributed by atoms with Gasteiger partial charge in [0.1, 0.15) is 30.0 Å². The van der Waals surface area contributed by atoms with Crippen LogP contribution in [0.15, 0.2) is 48.1 Å². The van der Waals surface area contributed by atoms with Crippen molar-refractivity contribution >= 4 is 11.8 Å². The first-order valence-electron chi connectivity index (χ1n) is 17.0. The maximum absolute atomic E-state index is 13.7. The Morgan fingerprint density at radius 1 is 1.07 bits per heavy atom. The monoisotopic (exact) mass is 642 g/mol. The molecule has 2 saturated carbocycles. The first kappa shape index (κ1) is 33.7. The molecule has 0 aromatic rings. The largest absolute Gasteiger partial charge is 0.459 e. The molecule has 3 bridgehead atoms. The molecular weight excluding hydrogens is 592 g/mol. The van der Waals surface area contributed by atoms with Crippen LogP contribution < -0.4 is 0 Å². The van der Waals surface area contributed by atoms with Crippen LogP contribution in [0.4, 0.5) is 0 Å². The number of aliphatic hydroxyl groups excluding tert-OH is 2. The fourth-order valence-corrected chi connectivity index (χ4v) is 9.37. The van der Waals surface area contributed by atoms with Crippen LogP contribution in [0.1, 0.15) is 86.0 Å². The van der Waals surface area contributed by atoms with Gasteiger partial charge in [0, 0.05) is 30.8 Å². The Kier molecular flexibility index (Phi) is 8.61. The summed E-state index contributed by atoms with van der Waals surface area (Å²) < 4.78 is 32.6. The Hall–Kier alpha value is -2.18. The Balaban J connectivity index is 1.39. The summed E-state index contributed by atoms with van der Waals surface area (Å²) in [4.78, 5) is 26.3. The fraction of sp³-hybridized carbons (Fsp3) is 0.722. The van der Waals surface area contributed by atoms with Crippen LogP contribution in [0.25, 0.3) is 0 Å². The summed E-state index contributed by atoms with van der Waals surface area (Å²) in [6, 6.07) is 0. The van der Waals surface area contributed by atoms with Crippen LogP contribution in [0.3, 0.4) is 0 Å². The number of ketones is 1. The molecule has 0 spiro atoms. The van der Waals surface area contributed by atoms with Crippen LogP contribution in [0, 0.1) is 17.8 Å². The van der Waals surface area contributed by atoms with Crippen molar-refractivity contribution in [1.29, 1.82) is 0 Å². The molecule has 10 nitrogen and oxygen atoms in total. The van der Waals surface area contributed by atoms with E-state index in [1.54, 1.807) is 32.1 Å². The van der Waals surface area contributed by atoms with Crippen molar-refractivity contribution in [2.75, 3.05) is 6.61 Å². The van der Waals surface area contributed by atoms with Gasteiger partial charge in [0.15, 0.2) is 17.0 Å². The lowest BCUT2D eigenvalue weighted by Gasteiger charge is -2.61. The van der Waals surface area contributed by atoms with Gasteiger partial charge in [0.05, 0.1) is 12.2 Å². The van der Waals surface area contributed by atoms with Crippen molar-refractivity contribution in [2.24, 2.45) is 17.8 Å². The summed E-state index contributed by atoms with van der Waals surface area (Å²) in [5.41, 5.74) is -6.13. The predicted molar refractivity (Wildman–Crippen MR) is 167 cm³/mol. The van der Waals surface area contributed by atoms with Crippen molar-refractivity contribution in [3.63, 3.8) is 0 Å². The van der Waals surface area contributed by atoms with Gasteiger partial charge < -0.3 is 39.0 Å². The Bertz CT molecular complexity index is 1350. The third-order valence-corrected chi connectivity index (χ3v) is 11.6. The lowest BCUT2D eigenvalue weighted by Crippen LogP contribution is -2.76. The van der Waals surface area contributed by atoms with Gasteiger partial charge in [-0.05, 0) is 37.8 Å². The van der Waals surface area contributed by atoms with Crippen molar-refractivity contribution < 1.29 is 48.6 Å². The van der Waals surface area contributed by atoms with E-state index < -0.39 is 88.9 Å². The van der Waals surface area contributed by atoms with Gasteiger partial charge >= 0.3 is 11.9 Å². The number of esters is 1. The molecule has 6 rings (SSSR count). The van der Waals surface area contributed by atoms with Crippen LogP contribution in [-0.4, -0.2) is 86.5 Å². The highest BCUT2D eigenvalue weighted by molar-refractivity contribution is 6.05. The molecule has 0 radical (unpaired) electrons. The topological polar surface area (TPSA) is 144 Å². The van der Waals surface area contributed by atoms with Gasteiger partial charge in [-0.3, -0.25) is 9.59 Å². The predicted octanol–water partition coefficient (Wildman–Crippen LogP) is 3.97. The highest BCUT2D eigenvalue weighted by Crippen LogP contribution is 2.73. The maximum Gasteiger partial charge on any atom is 0.307 e. The number of unbranched alkanes of at least 4 members (excludes halogenated alkanes) is 7. The Labute approximate surface area is 271 Å². The van der Waals surface area contributed by atoms with Gasteiger partial charge in [-0.25, -0.2) is 0 Å². The molecule has 5 fully saturated rings. The van der Waals surface area contributed by atoms with Crippen molar-refractivity contribution in [1.82, 2.24) is 0 Å². The summed E-state index contributed by atoms with van der Waals surface area (Å²) in [5.74, 6) is -5.58. The normalized spacial score (nSPS) is 46.7. The van der Waals surface area contributed by atoms with Gasteiger partial charge in [-0.1, -0.05) is 83.3 Å². The minimum absolute atomic E-state index is 0.251. The van der Waals surface area contributed by atoms with E-state index in [0.717, 1.165) is 12.8 Å². The van der Waals surface area contributed by atoms with Crippen molar-refractivity contribution in [3.05, 3.63) is 48.1 Å². The van der Waals surface area contributed by atoms with Gasteiger partial charge in [-0.2, -0.15) is 0 Å². The van der Waals surface area contributed by atoms with E-state index >= 15 is 0 Å². The van der Waals surface area contributed by atoms with Crippen LogP contribution >= 0.6 is 0 Å². The van der Waals surface area contributed by atoms with Gasteiger partial charge in [0.2, 0.25) is 0 Å². The molecule has 3 N–H and O–H groups in total. The first-order chi connectivity index (χ1) is 21.8. The zero-order valence-electron chi connectivity index (χ0n) is 27.7. The minimum Gasteiger partial charge on any atom is -0.459 e. The second-order valence-corrected chi connectivity index (χ2v) is 14.4. The number of aliphatic hydroxyl groups is 3. The lowest BCUT2D eigenvalue weighted by atomic mass is 9.53. The number of fused-ring (bicyclic) bond motifs is 3. The molecule has 254 valence electrons. The molecule has 1 unspecified atom stereocenters. The number of epoxide rings is 1. The molecular formula is C36H50O10. The average Bonchev–Trinajstić information content (AvgIpc) is 3.64. The molecule has 0 amide bonds. The first-order valence-corrected chi connectivity index (χ1v) is 17.0. The van der Waals surface area contributed by atoms with Crippen LogP contribution in [-0.2, 0) is 33.3 Å². The minimum atomic E-state index is -2.38. The molecule has 3 aliphatic heterocycles. The summed E-state index contributed by atoms with van der Waals surface area (Å²) in [7, 11) is 0. The molecule has 3 aliphatic carbocycles. The number of rotatable bonds is 13. The SMILES string of the molecule is C=C(C)[C@@]12OC3(/C=C/C=C/CCCCCCCCC)O[C@@H]1[C@@H]1[C@@H]4O[C@]4(CO)[C@@H](O)[C@]4(O)C(=O)C(C)=C[C@H]4[C@@]1(O3)[C@H](C)[C@H]2OC(C)=O. The highest BCUT2D eigenvalue weighted by atomic mass is 16.9. The summed E-state index contributed by atoms with van der Waals surface area (Å²) in [6.07, 6.45) is 14.1. The number of hydrogen-bond acceptors (Lipinski definition) is 10. The number of hydrogen-bond donors (Lipinski definition) is 3. The van der Waals surface area contributed by atoms with Gasteiger partial charge in [0.25, 0.3) is 0 Å². The van der Waals surface area contributed by atoms with E-state index in [1.165, 1.54) is 45.4 Å². The van der Waals surface area contributed by atoms with E-state index in [9.17, 15) is 24.9 Å². The average molecular weight is 643 g/mol. The summed E-state index contributed by atoms with van der Waals surface area (Å²) >= 11 is 0. The van der Waals surface area contributed by atoms with E-state index in [0.29, 0.717) is 5.57 Å². The lowest BCUT2D eigenvalue weighted by molar-refractivity contribution is -0.407. The third-order valence-electron chi connectivity index (χ3n) is 11.6. The molecule has 46 heavy (non-hydrogen) atoms. The molecule has 3 saturated heterocycles. The number of ether oxygens (including phenoxy) is 5. The molecule has 6 aliphatic rings. The van der Waals surface area contributed by atoms with E-state index in [2.05, 4.69) is 19.6 Å². The number of carbonyl (C=O) groups excluding carboxylic acids is 2. The molecule has 12 atom stereocenters. The van der Waals surface area contributed by atoms with Crippen LogP contribution in [0.5, 0.6) is 0 Å². The maximum atomic E-state index is 13.7. The quantitative estimate of drug-likeness (QED) is 0.0888. The number of carbonyl (C=O) groups is 2. The highest BCUT2D eigenvalue weighted by Gasteiger charge is 2.90. The van der Waals surface area contributed by atoms with E-state index in [-0.39, 0.29) is 5.57 Å². The Morgan fingerprint density at radius 3 is 2.41 bits per heavy atom. The summed E-state index contributed by atoms with van der Waals surface area (Å²) in [6.45, 7) is 12.3. The van der Waals surface area contributed by atoms with Crippen LogP contribution in [0.2, 0.25) is 0 Å². The Morgan fingerprint density at radius 2 is 1.76 bits per heavy atom. The second-order valence-electron chi connectivity index (χ2n) is 14.4. The fourth-order valence-electron chi connectivity index (χ4n) is 9.37. The molecule has 0 aromatic carbocycles. The number of allylic oxidation sites excluding steroid dienone is 3. The van der Waals surface area contributed by atoms with E-state index in [1.807, 2.05) is 13.0 Å². The summed E-state index contributed by atoms with van der Waals surface area (Å²) in [5, 5.41) is 34.6. The molecule has 10 heteroatoms. The van der Waals surface area contributed by atoms with Gasteiger partial charge in [-0.15, -0.1) is 0 Å². The number of Topliss-reactive ketones (excluding diaryl/α,β-unsaturated/α-hetero) is 1. The molecule has 0 aromatic heterocycles. The standard InChI is InChI=1S/C36H50O10/c1-7-8-9-10-11-12-13-14-15-16-17-18-33-44-30-26-29-32(20-37,43-29)31(40)34(41)25(19-22(4)27(34)39)36(26,46-33)23(5)28(42-24(6)38)35(30,45-33)21(2)3/h15-19,23,25-26,28-31,37,40-41H,2,7-14,20H2,1,3-6H3/b16-15+,18-17+/t23-,25-,26+,28-,29+,30-,31-,32+,33?,34-,35+,36+/m1/s1.